The van der Waals surface area contributed by atoms with Crippen LogP contribution in [-0.4, -0.2) is 24.3 Å². The Morgan fingerprint density at radius 3 is 2.50 bits per heavy atom. The fourth-order valence-corrected chi connectivity index (χ4v) is 3.15. The summed E-state index contributed by atoms with van der Waals surface area (Å²) < 4.78 is 5.32. The average molecular weight is 256 g/mol. The average Bonchev–Trinajstić information content (AvgIpc) is 2.37. The van der Waals surface area contributed by atoms with Crippen molar-refractivity contribution in [1.82, 2.24) is 0 Å². The number of ether oxygens (including phenoxy) is 1. The number of carbonyl (C=O) groups is 1. The van der Waals surface area contributed by atoms with Crippen molar-refractivity contribution in [3.63, 3.8) is 0 Å². The highest BCUT2D eigenvalue weighted by atomic mass is 16.5. The molecule has 1 aliphatic rings. The van der Waals surface area contributed by atoms with E-state index in [0.29, 0.717) is 6.61 Å². The molecular formula is C15H28O3. The van der Waals surface area contributed by atoms with Crippen LogP contribution < -0.4 is 0 Å². The minimum absolute atomic E-state index is 0.457. The van der Waals surface area contributed by atoms with Gasteiger partial charge in [-0.25, -0.2) is 0 Å². The molecule has 0 radical (unpaired) electrons. The van der Waals surface area contributed by atoms with Gasteiger partial charge in [0.25, 0.3) is 0 Å². The van der Waals surface area contributed by atoms with Crippen molar-refractivity contribution >= 4 is 5.97 Å². The Kier molecular flexibility index (Phi) is 6.69. The fraction of sp³-hybridized carbons (Fsp3) is 0.933. The third-order valence-electron chi connectivity index (χ3n) is 4.36. The molecule has 0 bridgehead atoms. The van der Waals surface area contributed by atoms with Crippen molar-refractivity contribution in [2.45, 2.75) is 65.2 Å². The van der Waals surface area contributed by atoms with Gasteiger partial charge in [0, 0.05) is 13.2 Å². The summed E-state index contributed by atoms with van der Waals surface area (Å²) in [5.41, 5.74) is -0.457. The molecular weight excluding hydrogens is 228 g/mol. The molecule has 0 heterocycles. The Bertz CT molecular complexity index is 237. The topological polar surface area (TPSA) is 46.5 Å². The van der Waals surface area contributed by atoms with Crippen molar-refractivity contribution in [3.05, 3.63) is 0 Å². The van der Waals surface area contributed by atoms with Gasteiger partial charge in [-0.05, 0) is 51.4 Å². The molecule has 1 aliphatic carbocycles. The van der Waals surface area contributed by atoms with Gasteiger partial charge in [0.15, 0.2) is 0 Å². The highest BCUT2D eigenvalue weighted by Gasteiger charge is 2.40. The maximum absolute atomic E-state index is 11.6. The highest BCUT2D eigenvalue weighted by Crippen LogP contribution is 2.43. The number of carboxylic acids is 1. The number of hydrogen-bond acceptors (Lipinski definition) is 2. The number of carboxylic acid groups (broad SMARTS) is 1. The molecule has 0 aromatic rings. The Balaban J connectivity index is 2.43. The second kappa shape index (κ2) is 7.78. The van der Waals surface area contributed by atoms with E-state index in [0.717, 1.165) is 51.0 Å². The zero-order valence-electron chi connectivity index (χ0n) is 11.9. The lowest BCUT2D eigenvalue weighted by atomic mass is 9.67. The molecule has 106 valence electrons. The molecule has 0 amide bonds. The molecule has 0 aromatic heterocycles. The van der Waals surface area contributed by atoms with Crippen molar-refractivity contribution in [2.24, 2.45) is 11.3 Å². The first-order valence-corrected chi connectivity index (χ1v) is 7.45. The predicted molar refractivity (Wildman–Crippen MR) is 72.7 cm³/mol. The van der Waals surface area contributed by atoms with E-state index in [-0.39, 0.29) is 0 Å². The fourth-order valence-electron chi connectivity index (χ4n) is 3.15. The van der Waals surface area contributed by atoms with Crippen molar-refractivity contribution < 1.29 is 14.6 Å². The number of aliphatic carboxylic acids is 1. The minimum Gasteiger partial charge on any atom is -0.481 e. The van der Waals surface area contributed by atoms with Crippen LogP contribution in [-0.2, 0) is 9.53 Å². The largest absolute Gasteiger partial charge is 0.481 e. The van der Waals surface area contributed by atoms with Crippen LogP contribution in [0.15, 0.2) is 0 Å². The van der Waals surface area contributed by atoms with Crippen LogP contribution in [0, 0.1) is 11.3 Å². The quantitative estimate of drug-likeness (QED) is 0.671. The zero-order chi connectivity index (χ0) is 13.4. The van der Waals surface area contributed by atoms with Gasteiger partial charge in [-0.3, -0.25) is 4.79 Å². The molecule has 1 saturated carbocycles. The lowest BCUT2D eigenvalue weighted by Gasteiger charge is -2.37. The maximum Gasteiger partial charge on any atom is 0.309 e. The maximum atomic E-state index is 11.6. The summed E-state index contributed by atoms with van der Waals surface area (Å²) in [4.78, 5) is 11.6. The van der Waals surface area contributed by atoms with Crippen LogP contribution in [0.2, 0.25) is 0 Å². The van der Waals surface area contributed by atoms with E-state index in [1.807, 2.05) is 6.92 Å². The second-order valence-electron chi connectivity index (χ2n) is 5.62. The molecule has 1 fully saturated rings. The summed E-state index contributed by atoms with van der Waals surface area (Å²) in [6, 6.07) is 0. The monoisotopic (exact) mass is 256 g/mol. The van der Waals surface area contributed by atoms with Crippen LogP contribution in [0.25, 0.3) is 0 Å². The first-order chi connectivity index (χ1) is 8.64. The minimum atomic E-state index is -0.589. The molecule has 0 spiro atoms. The highest BCUT2D eigenvalue weighted by molar-refractivity contribution is 5.74. The molecule has 3 heteroatoms. The Morgan fingerprint density at radius 1 is 1.33 bits per heavy atom. The number of rotatable bonds is 8. The standard InChI is InChI=1S/C15H28O3/c1-3-6-13-7-10-15(11-8-13,14(16)17)9-5-12-18-4-2/h13H,3-12H2,1-2H3,(H,16,17). The van der Waals surface area contributed by atoms with Gasteiger partial charge in [-0.1, -0.05) is 19.8 Å². The van der Waals surface area contributed by atoms with E-state index >= 15 is 0 Å². The zero-order valence-corrected chi connectivity index (χ0v) is 11.9. The SMILES string of the molecule is CCCC1CCC(CCCOCC)(C(=O)O)CC1. The van der Waals surface area contributed by atoms with Gasteiger partial charge >= 0.3 is 5.97 Å². The van der Waals surface area contributed by atoms with Gasteiger partial charge in [0.2, 0.25) is 0 Å². The summed E-state index contributed by atoms with van der Waals surface area (Å²) in [5, 5.41) is 9.52. The van der Waals surface area contributed by atoms with Gasteiger partial charge in [-0.15, -0.1) is 0 Å². The van der Waals surface area contributed by atoms with Gasteiger partial charge in [0.1, 0.15) is 0 Å². The van der Waals surface area contributed by atoms with Crippen LogP contribution in [0.3, 0.4) is 0 Å². The first kappa shape index (κ1) is 15.5. The third kappa shape index (κ3) is 4.27. The molecule has 1 rings (SSSR count). The first-order valence-electron chi connectivity index (χ1n) is 7.45. The smallest absolute Gasteiger partial charge is 0.309 e. The third-order valence-corrected chi connectivity index (χ3v) is 4.36. The summed E-state index contributed by atoms with van der Waals surface area (Å²) in [6.07, 6.45) is 8.03. The lowest BCUT2D eigenvalue weighted by molar-refractivity contribution is -0.152. The molecule has 0 saturated heterocycles. The summed E-state index contributed by atoms with van der Waals surface area (Å²) >= 11 is 0. The van der Waals surface area contributed by atoms with E-state index < -0.39 is 11.4 Å². The number of hydrogen-bond donors (Lipinski definition) is 1. The van der Waals surface area contributed by atoms with E-state index in [9.17, 15) is 9.90 Å². The summed E-state index contributed by atoms with van der Waals surface area (Å²) in [6.45, 7) is 5.60. The van der Waals surface area contributed by atoms with Crippen LogP contribution in [0.5, 0.6) is 0 Å². The Hall–Kier alpha value is -0.570. The lowest BCUT2D eigenvalue weighted by Crippen LogP contribution is -2.35. The Morgan fingerprint density at radius 2 is 2.00 bits per heavy atom. The van der Waals surface area contributed by atoms with E-state index in [1.54, 1.807) is 0 Å². The molecule has 0 unspecified atom stereocenters. The second-order valence-corrected chi connectivity index (χ2v) is 5.62. The van der Waals surface area contributed by atoms with Gasteiger partial charge < -0.3 is 9.84 Å². The summed E-state index contributed by atoms with van der Waals surface area (Å²) in [7, 11) is 0. The van der Waals surface area contributed by atoms with E-state index in [1.165, 1.54) is 12.8 Å². The van der Waals surface area contributed by atoms with Crippen LogP contribution in [0.4, 0.5) is 0 Å². The normalized spacial score (nSPS) is 28.2. The molecule has 18 heavy (non-hydrogen) atoms. The van der Waals surface area contributed by atoms with Gasteiger partial charge in [0.05, 0.1) is 5.41 Å². The molecule has 0 aliphatic heterocycles. The summed E-state index contributed by atoms with van der Waals surface area (Å²) in [5.74, 6) is 0.170. The van der Waals surface area contributed by atoms with Crippen molar-refractivity contribution in [1.29, 1.82) is 0 Å². The van der Waals surface area contributed by atoms with Crippen LogP contribution in [0.1, 0.15) is 65.2 Å². The van der Waals surface area contributed by atoms with Crippen molar-refractivity contribution in [3.8, 4) is 0 Å². The van der Waals surface area contributed by atoms with Crippen molar-refractivity contribution in [2.75, 3.05) is 13.2 Å². The molecule has 1 N–H and O–H groups in total. The van der Waals surface area contributed by atoms with Crippen LogP contribution >= 0.6 is 0 Å². The molecule has 3 nitrogen and oxygen atoms in total. The molecule has 0 aromatic carbocycles. The van der Waals surface area contributed by atoms with Gasteiger partial charge in [-0.2, -0.15) is 0 Å². The van der Waals surface area contributed by atoms with E-state index in [2.05, 4.69) is 6.92 Å². The Labute approximate surface area is 111 Å². The van der Waals surface area contributed by atoms with E-state index in [4.69, 9.17) is 4.74 Å². The predicted octanol–water partition coefficient (Wildman–Crippen LogP) is 3.86. The molecule has 0 atom stereocenters.